The zero-order valence-electron chi connectivity index (χ0n) is 3.11. The van der Waals surface area contributed by atoms with E-state index in [4.69, 9.17) is 0 Å². The Balaban J connectivity index is 3.05. The standard InChI is InChI=1S/C3H4FNSi/c4-6-3-1-2-5-6/h1-3,5H. The maximum atomic E-state index is 11.8. The van der Waals surface area contributed by atoms with E-state index >= 15 is 0 Å². The van der Waals surface area contributed by atoms with Crippen molar-refractivity contribution in [3.63, 3.8) is 0 Å². The predicted octanol–water partition coefficient (Wildman–Crippen LogP) is 0.773. The molecular weight excluding hydrogens is 97.1 g/mol. The Morgan fingerprint density at radius 3 is 2.67 bits per heavy atom. The second-order valence-corrected chi connectivity index (χ2v) is 2.34. The molecule has 32 valence electrons. The fraction of sp³-hybridized carbons (Fsp3) is 0. The van der Waals surface area contributed by atoms with Crippen LogP contribution < -0.4 is 0 Å². The van der Waals surface area contributed by atoms with Gasteiger partial charge in [-0.25, -0.2) is 0 Å². The lowest BCUT2D eigenvalue weighted by Crippen LogP contribution is -1.78. The van der Waals surface area contributed by atoms with Gasteiger partial charge in [0.2, 0.25) is 0 Å². The number of aromatic amines is 1. The van der Waals surface area contributed by atoms with Crippen LogP contribution in [-0.2, 0) is 0 Å². The average Bonchev–Trinajstić information content (AvgIpc) is 1.86. The van der Waals surface area contributed by atoms with E-state index in [0.29, 0.717) is 0 Å². The van der Waals surface area contributed by atoms with Gasteiger partial charge in [-0.1, -0.05) is 0 Å². The first-order valence-electron chi connectivity index (χ1n) is 1.68. The van der Waals surface area contributed by atoms with Gasteiger partial charge in [0.05, 0.1) is 0 Å². The first-order chi connectivity index (χ1) is 2.89. The van der Waals surface area contributed by atoms with E-state index in [1.165, 1.54) is 0 Å². The Labute approximate surface area is 36.6 Å². The molecular formula is C3H4FNSi. The molecule has 6 heavy (non-hydrogen) atoms. The van der Waals surface area contributed by atoms with Crippen LogP contribution in [0.4, 0.5) is 4.11 Å². The molecule has 1 rings (SSSR count). The Morgan fingerprint density at radius 1 is 1.67 bits per heavy atom. The minimum absolute atomic E-state index is 1.55. The Morgan fingerprint density at radius 2 is 2.50 bits per heavy atom. The van der Waals surface area contributed by atoms with Gasteiger partial charge < -0.3 is 4.64 Å². The highest BCUT2D eigenvalue weighted by Gasteiger charge is 1.82. The molecule has 0 spiro atoms. The minimum atomic E-state index is -1.74. The molecule has 0 aliphatic heterocycles. The van der Waals surface area contributed by atoms with Crippen molar-refractivity contribution >= 4 is 8.90 Å². The van der Waals surface area contributed by atoms with Crippen LogP contribution in [0.5, 0.6) is 0 Å². The third-order valence-electron chi connectivity index (χ3n) is 0.560. The average molecular weight is 101 g/mol. The van der Waals surface area contributed by atoms with E-state index in [-0.39, 0.29) is 0 Å². The van der Waals surface area contributed by atoms with Gasteiger partial charge in [-0.2, -0.15) is 0 Å². The van der Waals surface area contributed by atoms with Gasteiger partial charge in [0, 0.05) is 0 Å². The number of hydrogen-bond acceptors (Lipinski definition) is 0. The highest BCUT2D eigenvalue weighted by atomic mass is 28.3. The summed E-state index contributed by atoms with van der Waals surface area (Å²) in [6.07, 6.45) is 1.62. The summed E-state index contributed by atoms with van der Waals surface area (Å²) in [5.74, 6) is 0. The summed E-state index contributed by atoms with van der Waals surface area (Å²) >= 11 is 0. The second-order valence-electron chi connectivity index (χ2n) is 1.02. The molecule has 1 aromatic rings. The molecule has 1 aromatic heterocycles. The number of hydrogen-bond donors (Lipinski definition) is 1. The number of halogens is 1. The van der Waals surface area contributed by atoms with Crippen molar-refractivity contribution < 1.29 is 4.11 Å². The fourth-order valence-electron chi connectivity index (χ4n) is 0.308. The van der Waals surface area contributed by atoms with Crippen LogP contribution in [0.3, 0.4) is 0 Å². The molecule has 0 saturated carbocycles. The lowest BCUT2D eigenvalue weighted by Gasteiger charge is -1.61. The van der Waals surface area contributed by atoms with Crippen LogP contribution in [0.25, 0.3) is 0 Å². The summed E-state index contributed by atoms with van der Waals surface area (Å²) in [4.78, 5) is 0. The van der Waals surface area contributed by atoms with Crippen LogP contribution in [0.2, 0.25) is 0 Å². The summed E-state index contributed by atoms with van der Waals surface area (Å²) in [6, 6.07) is 1.69. The molecule has 0 aromatic carbocycles. The third kappa shape index (κ3) is 0.541. The summed E-state index contributed by atoms with van der Waals surface area (Å²) in [6.45, 7) is 0. The second kappa shape index (κ2) is 1.34. The zero-order valence-corrected chi connectivity index (χ0v) is 4.11. The summed E-state index contributed by atoms with van der Waals surface area (Å²) in [5.41, 5.74) is 1.55. The smallest absolute Gasteiger partial charge is 0.349 e. The lowest BCUT2D eigenvalue weighted by molar-refractivity contribution is 0.859. The number of nitrogens with one attached hydrogen (secondary N) is 1. The van der Waals surface area contributed by atoms with Gasteiger partial charge in [0.25, 0.3) is 0 Å². The predicted molar refractivity (Wildman–Crippen MR) is 23.2 cm³/mol. The fourth-order valence-corrected chi connectivity index (χ4v) is 0.925. The molecule has 0 bridgehead atoms. The van der Waals surface area contributed by atoms with Crippen molar-refractivity contribution in [3.05, 3.63) is 17.9 Å². The van der Waals surface area contributed by atoms with Crippen LogP contribution in [-0.4, -0.2) is 13.5 Å². The molecule has 0 saturated heterocycles. The topological polar surface area (TPSA) is 15.8 Å². The maximum absolute atomic E-state index is 11.8. The van der Waals surface area contributed by atoms with Gasteiger partial charge in [-0.3, -0.25) is 4.11 Å². The zero-order chi connectivity index (χ0) is 4.41. The van der Waals surface area contributed by atoms with Gasteiger partial charge in [0.1, 0.15) is 0 Å². The Hall–Kier alpha value is -0.443. The molecule has 0 fully saturated rings. The van der Waals surface area contributed by atoms with Gasteiger partial charge in [0.15, 0.2) is 0 Å². The summed E-state index contributed by atoms with van der Waals surface area (Å²) < 4.78 is 14.3. The van der Waals surface area contributed by atoms with E-state index in [1.807, 2.05) is 0 Å². The molecule has 1 N–H and O–H groups in total. The number of H-pyrrole nitrogens is 1. The van der Waals surface area contributed by atoms with E-state index in [2.05, 4.69) is 4.64 Å². The van der Waals surface area contributed by atoms with Crippen molar-refractivity contribution in [2.45, 2.75) is 0 Å². The molecule has 0 amide bonds. The number of aromatic nitrogens is 1. The minimum Gasteiger partial charge on any atom is -0.373 e. The molecule has 3 heteroatoms. The molecule has 0 aliphatic rings. The first-order valence-corrected chi connectivity index (χ1v) is 3.14. The molecule has 0 unspecified atom stereocenters. The van der Waals surface area contributed by atoms with Crippen molar-refractivity contribution in [2.75, 3.05) is 0 Å². The first kappa shape index (κ1) is 3.74. The van der Waals surface area contributed by atoms with Crippen LogP contribution in [0.15, 0.2) is 17.9 Å². The Bertz CT molecular complexity index is 114. The van der Waals surface area contributed by atoms with E-state index < -0.39 is 8.90 Å². The van der Waals surface area contributed by atoms with E-state index in [1.54, 1.807) is 17.9 Å². The largest absolute Gasteiger partial charge is 0.373 e. The van der Waals surface area contributed by atoms with E-state index in [0.717, 1.165) is 0 Å². The van der Waals surface area contributed by atoms with Gasteiger partial charge in [-0.15, -0.1) is 0 Å². The normalized spacial score (nSPS) is 8.83. The third-order valence-corrected chi connectivity index (χ3v) is 1.49. The van der Waals surface area contributed by atoms with Crippen LogP contribution >= 0.6 is 0 Å². The molecule has 0 atom stereocenters. The van der Waals surface area contributed by atoms with Crippen molar-refractivity contribution in [3.8, 4) is 0 Å². The molecule has 0 aliphatic carbocycles. The summed E-state index contributed by atoms with van der Waals surface area (Å²) in [5, 5.41) is 0. The maximum Gasteiger partial charge on any atom is 0.349 e. The van der Waals surface area contributed by atoms with Crippen LogP contribution in [0.1, 0.15) is 0 Å². The van der Waals surface area contributed by atoms with Crippen LogP contribution in [0, 0.1) is 0 Å². The monoisotopic (exact) mass is 101 g/mol. The molecule has 1 heterocycles. The lowest BCUT2D eigenvalue weighted by atomic mass is 10.8. The van der Waals surface area contributed by atoms with Gasteiger partial charge in [-0.05, 0) is 17.9 Å². The molecule has 0 radical (unpaired) electrons. The summed E-state index contributed by atoms with van der Waals surface area (Å²) in [7, 11) is -1.74. The quantitative estimate of drug-likeness (QED) is 0.367. The van der Waals surface area contributed by atoms with Gasteiger partial charge >= 0.3 is 8.90 Å². The highest BCUT2D eigenvalue weighted by Crippen LogP contribution is 1.76. The Kier molecular flexibility index (Phi) is 0.835. The van der Waals surface area contributed by atoms with E-state index in [9.17, 15) is 4.11 Å². The highest BCUT2D eigenvalue weighted by molar-refractivity contribution is 6.36. The molecule has 1 nitrogen and oxygen atoms in total. The SMILES string of the molecule is F[si]1ccc[nH]1. The van der Waals surface area contributed by atoms with Crippen molar-refractivity contribution in [1.29, 1.82) is 0 Å². The van der Waals surface area contributed by atoms with Crippen molar-refractivity contribution in [2.24, 2.45) is 0 Å². The number of rotatable bonds is 0. The van der Waals surface area contributed by atoms with Crippen molar-refractivity contribution in [1.82, 2.24) is 4.64 Å².